The number of piperidine rings is 1. The van der Waals surface area contributed by atoms with E-state index in [1.807, 2.05) is 61.1 Å². The minimum atomic E-state index is -0.612. The second-order valence-electron chi connectivity index (χ2n) is 9.04. The number of ether oxygens (including phenoxy) is 1. The molecule has 0 saturated carbocycles. The predicted molar refractivity (Wildman–Crippen MR) is 126 cm³/mol. The Labute approximate surface area is 194 Å². The van der Waals surface area contributed by atoms with Gasteiger partial charge in [0, 0.05) is 12.7 Å². The minimum Gasteiger partial charge on any atom is -0.425 e. The minimum absolute atomic E-state index is 0.0432. The molecule has 8 heteroatoms. The molecule has 3 heterocycles. The molecule has 0 aliphatic carbocycles. The lowest BCUT2D eigenvalue weighted by Crippen LogP contribution is -2.38. The maximum absolute atomic E-state index is 12.2. The van der Waals surface area contributed by atoms with E-state index in [0.29, 0.717) is 18.2 Å². The smallest absolute Gasteiger partial charge is 0.328 e. The van der Waals surface area contributed by atoms with E-state index in [1.165, 1.54) is 5.56 Å². The molecule has 0 unspecified atom stereocenters. The summed E-state index contributed by atoms with van der Waals surface area (Å²) in [7, 11) is 0. The lowest BCUT2D eigenvalue weighted by molar-refractivity contribution is -0.136. The Morgan fingerprint density at radius 2 is 1.94 bits per heavy atom. The largest absolute Gasteiger partial charge is 0.425 e. The van der Waals surface area contributed by atoms with Crippen LogP contribution in [0.4, 0.5) is 0 Å². The van der Waals surface area contributed by atoms with Gasteiger partial charge < -0.3 is 10.5 Å². The van der Waals surface area contributed by atoms with E-state index < -0.39 is 6.04 Å². The first-order valence-corrected chi connectivity index (χ1v) is 11.6. The van der Waals surface area contributed by atoms with Crippen molar-refractivity contribution >= 4 is 5.97 Å². The molecule has 1 aromatic carbocycles. The summed E-state index contributed by atoms with van der Waals surface area (Å²) in [5, 5.41) is 8.58. The fourth-order valence-electron chi connectivity index (χ4n) is 4.09. The molecule has 1 fully saturated rings. The molecule has 1 saturated heterocycles. The zero-order valence-electron chi connectivity index (χ0n) is 19.3. The van der Waals surface area contributed by atoms with Crippen LogP contribution in [0, 0.1) is 5.92 Å². The fourth-order valence-corrected chi connectivity index (χ4v) is 4.09. The number of hydrogen-bond donors (Lipinski definition) is 1. The van der Waals surface area contributed by atoms with Gasteiger partial charge in [0.2, 0.25) is 0 Å². The molecule has 4 rings (SSSR count). The summed E-state index contributed by atoms with van der Waals surface area (Å²) in [6.45, 7) is 7.22. The van der Waals surface area contributed by atoms with Crippen LogP contribution in [0.2, 0.25) is 0 Å². The Balaban J connectivity index is 1.28. The summed E-state index contributed by atoms with van der Waals surface area (Å²) >= 11 is 0. The fraction of sp³-hybridized carbons (Fsp3) is 0.440. The number of nitrogens with two attached hydrogens (primary N) is 1. The second kappa shape index (κ2) is 10.7. The number of likely N-dealkylation sites (tertiary alicyclic amines) is 1. The molecule has 174 valence electrons. The number of aromatic nitrogens is 4. The molecule has 0 bridgehead atoms. The summed E-state index contributed by atoms with van der Waals surface area (Å²) in [5.74, 6) is 0.675. The van der Waals surface area contributed by atoms with Crippen LogP contribution in [-0.2, 0) is 17.9 Å². The average Bonchev–Trinajstić information content (AvgIpc) is 3.26. The van der Waals surface area contributed by atoms with Crippen LogP contribution in [-0.4, -0.2) is 50.0 Å². The summed E-state index contributed by atoms with van der Waals surface area (Å²) in [6.07, 6.45) is 5.88. The van der Waals surface area contributed by atoms with Crippen molar-refractivity contribution in [2.75, 3.05) is 13.1 Å². The van der Waals surface area contributed by atoms with Crippen LogP contribution < -0.4 is 10.5 Å². The second-order valence-corrected chi connectivity index (χ2v) is 9.04. The van der Waals surface area contributed by atoms with Gasteiger partial charge in [-0.2, -0.15) is 0 Å². The highest BCUT2D eigenvalue weighted by molar-refractivity contribution is 5.78. The third-order valence-electron chi connectivity index (χ3n) is 6.15. The molecule has 8 nitrogen and oxygen atoms in total. The van der Waals surface area contributed by atoms with Crippen LogP contribution >= 0.6 is 0 Å². The van der Waals surface area contributed by atoms with Gasteiger partial charge in [-0.1, -0.05) is 37.3 Å². The van der Waals surface area contributed by atoms with Gasteiger partial charge in [-0.25, -0.2) is 9.48 Å². The first-order valence-electron chi connectivity index (χ1n) is 11.6. The summed E-state index contributed by atoms with van der Waals surface area (Å²) in [4.78, 5) is 18.9. The molecule has 0 amide bonds. The maximum atomic E-state index is 12.2. The number of hydrogen-bond acceptors (Lipinski definition) is 7. The highest BCUT2D eigenvalue weighted by Gasteiger charge is 2.23. The van der Waals surface area contributed by atoms with Crippen LogP contribution in [0.15, 0.2) is 54.9 Å². The molecular weight excluding hydrogens is 416 g/mol. The molecule has 0 spiro atoms. The van der Waals surface area contributed by atoms with Gasteiger partial charge >= 0.3 is 5.97 Å². The maximum Gasteiger partial charge on any atom is 0.328 e. The van der Waals surface area contributed by atoms with Crippen molar-refractivity contribution in [1.29, 1.82) is 0 Å². The Kier molecular flexibility index (Phi) is 7.47. The van der Waals surface area contributed by atoms with Crippen molar-refractivity contribution in [3.63, 3.8) is 0 Å². The monoisotopic (exact) mass is 448 g/mol. The number of carbonyl (C=O) groups is 1. The van der Waals surface area contributed by atoms with Crippen LogP contribution in [0.25, 0.3) is 0 Å². The lowest BCUT2D eigenvalue weighted by atomic mass is 9.89. The highest BCUT2D eigenvalue weighted by atomic mass is 16.5. The molecular formula is C25H32N6O2. The average molecular weight is 449 g/mol. The van der Waals surface area contributed by atoms with Crippen molar-refractivity contribution in [3.8, 4) is 5.75 Å². The Bertz CT molecular complexity index is 1040. The third kappa shape index (κ3) is 6.24. The first kappa shape index (κ1) is 23.1. The quantitative estimate of drug-likeness (QED) is 0.418. The zero-order chi connectivity index (χ0) is 23.2. The third-order valence-corrected chi connectivity index (χ3v) is 6.15. The van der Waals surface area contributed by atoms with Gasteiger partial charge in [0.05, 0.1) is 24.1 Å². The molecule has 33 heavy (non-hydrogen) atoms. The number of benzene rings is 1. The van der Waals surface area contributed by atoms with Crippen LogP contribution in [0.3, 0.4) is 0 Å². The number of esters is 1. The van der Waals surface area contributed by atoms with Crippen molar-refractivity contribution in [3.05, 3.63) is 71.8 Å². The van der Waals surface area contributed by atoms with Crippen molar-refractivity contribution < 1.29 is 9.53 Å². The van der Waals surface area contributed by atoms with Gasteiger partial charge in [0.25, 0.3) is 0 Å². The number of carbonyl (C=O) groups excluding carboxylic acids is 1. The van der Waals surface area contributed by atoms with Gasteiger partial charge in [0.15, 0.2) is 0 Å². The molecule has 1 aliphatic rings. The summed E-state index contributed by atoms with van der Waals surface area (Å²) < 4.78 is 7.35. The van der Waals surface area contributed by atoms with Gasteiger partial charge in [-0.15, -0.1) is 5.10 Å². The lowest BCUT2D eigenvalue weighted by Gasteiger charge is -2.31. The van der Waals surface area contributed by atoms with Gasteiger partial charge in [-0.3, -0.25) is 9.88 Å². The van der Waals surface area contributed by atoms with Gasteiger partial charge in [0.1, 0.15) is 11.8 Å². The van der Waals surface area contributed by atoms with Crippen molar-refractivity contribution in [2.24, 2.45) is 11.7 Å². The van der Waals surface area contributed by atoms with E-state index >= 15 is 0 Å². The predicted octanol–water partition coefficient (Wildman–Crippen LogP) is 2.99. The number of nitrogens with zero attached hydrogens (tertiary/aromatic N) is 5. The molecule has 2 N–H and O–H groups in total. The molecule has 0 radical (unpaired) electrons. The SMILES string of the molecule is CC(C)[C@H](N)C(=O)Oc1cccc(C2CCN(Cc3cn(Cc4ccccn4)nn3)CC2)c1. The number of rotatable bonds is 8. The van der Waals surface area contributed by atoms with Crippen molar-refractivity contribution in [2.45, 2.75) is 51.7 Å². The van der Waals surface area contributed by atoms with E-state index in [2.05, 4.69) is 26.3 Å². The highest BCUT2D eigenvalue weighted by Crippen LogP contribution is 2.30. The molecule has 1 aliphatic heterocycles. The Morgan fingerprint density at radius 3 is 2.67 bits per heavy atom. The Hall–Kier alpha value is -3.10. The summed E-state index contributed by atoms with van der Waals surface area (Å²) in [5.41, 5.74) is 9.06. The topological polar surface area (TPSA) is 99.2 Å². The van der Waals surface area contributed by atoms with E-state index in [-0.39, 0.29) is 11.9 Å². The van der Waals surface area contributed by atoms with E-state index in [9.17, 15) is 4.79 Å². The molecule has 3 aromatic rings. The van der Waals surface area contributed by atoms with Crippen LogP contribution in [0.5, 0.6) is 5.75 Å². The number of pyridine rings is 1. The van der Waals surface area contributed by atoms with Crippen LogP contribution in [0.1, 0.15) is 49.6 Å². The zero-order valence-corrected chi connectivity index (χ0v) is 19.3. The normalized spacial score (nSPS) is 16.1. The van der Waals surface area contributed by atoms with E-state index in [4.69, 9.17) is 10.5 Å². The van der Waals surface area contributed by atoms with E-state index in [0.717, 1.165) is 43.9 Å². The van der Waals surface area contributed by atoms with Gasteiger partial charge in [-0.05, 0) is 67.6 Å². The molecule has 2 aromatic heterocycles. The summed E-state index contributed by atoms with van der Waals surface area (Å²) in [6, 6.07) is 13.1. The first-order chi connectivity index (χ1) is 16.0. The standard InChI is InChI=1S/C25H32N6O2/c1-18(2)24(26)25(32)33-23-8-5-6-20(14-23)19-9-12-30(13-10-19)15-22-17-31(29-28-22)16-21-7-3-4-11-27-21/h3-8,11,14,17-19,24H,9-10,12-13,15-16,26H2,1-2H3/t24-/m0/s1. The van der Waals surface area contributed by atoms with Crippen molar-refractivity contribution in [1.82, 2.24) is 24.9 Å². The molecule has 1 atom stereocenters. The van der Waals surface area contributed by atoms with E-state index in [1.54, 1.807) is 6.20 Å². The Morgan fingerprint density at radius 1 is 1.12 bits per heavy atom.